The summed E-state index contributed by atoms with van der Waals surface area (Å²) in [4.78, 5) is 12.0. The number of nitrogens with one attached hydrogen (secondary N) is 2. The summed E-state index contributed by atoms with van der Waals surface area (Å²) in [5.74, 6) is 0.0307. The van der Waals surface area contributed by atoms with Crippen molar-refractivity contribution in [1.82, 2.24) is 10.6 Å². The molecule has 2 rings (SSSR count). The normalized spacial score (nSPS) is 16.9. The van der Waals surface area contributed by atoms with Crippen LogP contribution in [0.25, 0.3) is 0 Å². The van der Waals surface area contributed by atoms with E-state index in [4.69, 9.17) is 23.2 Å². The van der Waals surface area contributed by atoms with E-state index in [9.17, 15) is 4.79 Å². The zero-order valence-electron chi connectivity index (χ0n) is 12.0. The van der Waals surface area contributed by atoms with Crippen molar-refractivity contribution in [3.63, 3.8) is 0 Å². The number of carbonyl (C=O) groups is 1. The van der Waals surface area contributed by atoms with E-state index < -0.39 is 0 Å². The Morgan fingerprint density at radius 3 is 2.57 bits per heavy atom. The van der Waals surface area contributed by atoms with Gasteiger partial charge in [-0.1, -0.05) is 36.2 Å². The lowest BCUT2D eigenvalue weighted by atomic mass is 9.81. The molecule has 0 unspecified atom stereocenters. The van der Waals surface area contributed by atoms with Crippen LogP contribution in [0.2, 0.25) is 10.0 Å². The third-order valence-corrected chi connectivity index (χ3v) is 4.61. The maximum Gasteiger partial charge on any atom is 0.224 e. The summed E-state index contributed by atoms with van der Waals surface area (Å²) >= 11 is 11.8. The first-order valence-electron chi connectivity index (χ1n) is 6.90. The smallest absolute Gasteiger partial charge is 0.224 e. The van der Waals surface area contributed by atoms with Gasteiger partial charge >= 0.3 is 0 Å². The number of rotatable bonds is 4. The highest BCUT2D eigenvalue weighted by Gasteiger charge is 2.26. The first-order valence-corrected chi connectivity index (χ1v) is 7.65. The molecule has 1 aliphatic heterocycles. The molecule has 1 aromatic carbocycles. The second kappa shape index (κ2) is 8.23. The second-order valence-corrected chi connectivity index (χ2v) is 6.58. The molecule has 1 amide bonds. The van der Waals surface area contributed by atoms with E-state index in [0.717, 1.165) is 38.0 Å². The Hall–Kier alpha value is -0.480. The van der Waals surface area contributed by atoms with E-state index in [1.807, 2.05) is 6.07 Å². The molecule has 1 aromatic rings. The van der Waals surface area contributed by atoms with Gasteiger partial charge in [0.2, 0.25) is 5.91 Å². The standard InChI is InChI=1S/C15H20Cl2N2O.ClH/c1-15(4-6-18-7-5-15)10-19-14(20)9-11-2-3-12(16)13(17)8-11;/h2-3,8,18H,4-7,9-10H2,1H3,(H,19,20);1H. The molecule has 21 heavy (non-hydrogen) atoms. The van der Waals surface area contributed by atoms with Gasteiger partial charge in [0.25, 0.3) is 0 Å². The molecule has 2 N–H and O–H groups in total. The van der Waals surface area contributed by atoms with Crippen molar-refractivity contribution in [1.29, 1.82) is 0 Å². The number of carbonyl (C=O) groups excluding carboxylic acids is 1. The molecule has 1 heterocycles. The average Bonchev–Trinajstić information content (AvgIpc) is 2.42. The summed E-state index contributed by atoms with van der Waals surface area (Å²) in [6, 6.07) is 5.30. The van der Waals surface area contributed by atoms with Crippen molar-refractivity contribution >= 4 is 41.5 Å². The summed E-state index contributed by atoms with van der Waals surface area (Å²) in [5, 5.41) is 7.37. The fourth-order valence-corrected chi connectivity index (χ4v) is 2.74. The van der Waals surface area contributed by atoms with Crippen molar-refractivity contribution in [3.8, 4) is 0 Å². The summed E-state index contributed by atoms with van der Waals surface area (Å²) in [5.41, 5.74) is 1.09. The lowest BCUT2D eigenvalue weighted by Crippen LogP contribution is -2.43. The van der Waals surface area contributed by atoms with Crippen LogP contribution in [0.5, 0.6) is 0 Å². The molecule has 118 valence electrons. The quantitative estimate of drug-likeness (QED) is 0.872. The molecule has 0 bridgehead atoms. The zero-order chi connectivity index (χ0) is 14.6. The lowest BCUT2D eigenvalue weighted by Gasteiger charge is -2.34. The summed E-state index contributed by atoms with van der Waals surface area (Å²) in [7, 11) is 0. The van der Waals surface area contributed by atoms with E-state index in [1.54, 1.807) is 12.1 Å². The van der Waals surface area contributed by atoms with Crippen molar-refractivity contribution in [3.05, 3.63) is 33.8 Å². The zero-order valence-corrected chi connectivity index (χ0v) is 14.4. The molecule has 0 saturated carbocycles. The van der Waals surface area contributed by atoms with Crippen molar-refractivity contribution in [2.45, 2.75) is 26.2 Å². The van der Waals surface area contributed by atoms with Crippen molar-refractivity contribution in [2.75, 3.05) is 19.6 Å². The van der Waals surface area contributed by atoms with Gasteiger partial charge in [-0.3, -0.25) is 4.79 Å². The average molecular weight is 352 g/mol. The maximum atomic E-state index is 12.0. The monoisotopic (exact) mass is 350 g/mol. The van der Waals surface area contributed by atoms with Crippen LogP contribution in [0.15, 0.2) is 18.2 Å². The predicted molar refractivity (Wildman–Crippen MR) is 90.6 cm³/mol. The van der Waals surface area contributed by atoms with Crippen molar-refractivity contribution < 1.29 is 4.79 Å². The third kappa shape index (κ3) is 5.67. The van der Waals surface area contributed by atoms with Gasteiger partial charge in [-0.05, 0) is 49.0 Å². The van der Waals surface area contributed by atoms with Crippen LogP contribution in [0.4, 0.5) is 0 Å². The molecule has 0 aromatic heterocycles. The first kappa shape index (κ1) is 18.6. The van der Waals surface area contributed by atoms with Gasteiger partial charge in [0.15, 0.2) is 0 Å². The van der Waals surface area contributed by atoms with E-state index in [2.05, 4.69) is 17.6 Å². The van der Waals surface area contributed by atoms with E-state index in [0.29, 0.717) is 16.5 Å². The Balaban J connectivity index is 0.00000220. The van der Waals surface area contributed by atoms with Crippen LogP contribution < -0.4 is 10.6 Å². The van der Waals surface area contributed by atoms with Crippen molar-refractivity contribution in [2.24, 2.45) is 5.41 Å². The molecule has 1 fully saturated rings. The molecule has 3 nitrogen and oxygen atoms in total. The van der Waals surface area contributed by atoms with E-state index in [-0.39, 0.29) is 23.7 Å². The topological polar surface area (TPSA) is 41.1 Å². The third-order valence-electron chi connectivity index (χ3n) is 3.87. The van der Waals surface area contributed by atoms with E-state index >= 15 is 0 Å². The maximum absolute atomic E-state index is 12.0. The van der Waals surface area contributed by atoms with Gasteiger partial charge in [0.1, 0.15) is 0 Å². The highest BCUT2D eigenvalue weighted by Crippen LogP contribution is 2.27. The summed E-state index contributed by atoms with van der Waals surface area (Å²) in [6.07, 6.45) is 2.53. The highest BCUT2D eigenvalue weighted by molar-refractivity contribution is 6.42. The van der Waals surface area contributed by atoms with Gasteiger partial charge in [0, 0.05) is 6.54 Å². The van der Waals surface area contributed by atoms with Gasteiger partial charge in [0.05, 0.1) is 16.5 Å². The Bertz CT molecular complexity index is 488. The van der Waals surface area contributed by atoms with Crippen LogP contribution in [-0.2, 0) is 11.2 Å². The van der Waals surface area contributed by atoms with E-state index in [1.165, 1.54) is 0 Å². The number of benzene rings is 1. The largest absolute Gasteiger partial charge is 0.355 e. The van der Waals surface area contributed by atoms with Crippen LogP contribution in [-0.4, -0.2) is 25.5 Å². The van der Waals surface area contributed by atoms with Crippen LogP contribution >= 0.6 is 35.6 Å². The molecule has 0 aliphatic carbocycles. The first-order chi connectivity index (χ1) is 9.48. The van der Waals surface area contributed by atoms with Gasteiger partial charge in [-0.25, -0.2) is 0 Å². The minimum Gasteiger partial charge on any atom is -0.355 e. The predicted octanol–water partition coefficient (Wildman–Crippen LogP) is 3.46. The number of hydrogen-bond donors (Lipinski definition) is 2. The molecule has 0 spiro atoms. The Morgan fingerprint density at radius 1 is 1.29 bits per heavy atom. The van der Waals surface area contributed by atoms with Crippen LogP contribution in [0.1, 0.15) is 25.3 Å². The Kier molecular flexibility index (Phi) is 7.28. The van der Waals surface area contributed by atoms with Gasteiger partial charge in [-0.2, -0.15) is 0 Å². The SMILES string of the molecule is CC1(CNC(=O)Cc2ccc(Cl)c(Cl)c2)CCNCC1.Cl. The molecule has 0 radical (unpaired) electrons. The molecule has 0 atom stereocenters. The molecule has 1 aliphatic rings. The van der Waals surface area contributed by atoms with Gasteiger partial charge in [-0.15, -0.1) is 12.4 Å². The fraction of sp³-hybridized carbons (Fsp3) is 0.533. The summed E-state index contributed by atoms with van der Waals surface area (Å²) < 4.78 is 0. The highest BCUT2D eigenvalue weighted by atomic mass is 35.5. The molecular formula is C15H21Cl3N2O. The van der Waals surface area contributed by atoms with Gasteiger partial charge < -0.3 is 10.6 Å². The number of halogens is 3. The second-order valence-electron chi connectivity index (χ2n) is 5.76. The summed E-state index contributed by atoms with van der Waals surface area (Å²) in [6.45, 7) is 5.01. The number of amides is 1. The molecule has 6 heteroatoms. The minimum absolute atomic E-state index is 0. The van der Waals surface area contributed by atoms with Crippen LogP contribution in [0.3, 0.4) is 0 Å². The minimum atomic E-state index is 0. The molecular weight excluding hydrogens is 331 g/mol. The lowest BCUT2D eigenvalue weighted by molar-refractivity contribution is -0.121. The Morgan fingerprint density at radius 2 is 1.95 bits per heavy atom. The Labute approximate surface area is 142 Å². The van der Waals surface area contributed by atoms with Crippen LogP contribution in [0, 0.1) is 5.41 Å². The molecule has 1 saturated heterocycles. The fourth-order valence-electron chi connectivity index (χ4n) is 2.42. The number of piperidine rings is 1. The number of hydrogen-bond acceptors (Lipinski definition) is 2.